The fraction of sp³-hybridized carbons (Fsp3) is 0.0714. The van der Waals surface area contributed by atoms with Gasteiger partial charge >= 0.3 is 0 Å². The summed E-state index contributed by atoms with van der Waals surface area (Å²) >= 11 is 1.58. The molecular weight excluding hydrogens is 274 g/mol. The van der Waals surface area contributed by atoms with Gasteiger partial charge in [-0.25, -0.2) is 0 Å². The van der Waals surface area contributed by atoms with E-state index in [1.165, 1.54) is 0 Å². The zero-order valence-electron chi connectivity index (χ0n) is 10.4. The van der Waals surface area contributed by atoms with Crippen LogP contribution in [0.1, 0.15) is 16.2 Å². The predicted octanol–water partition coefficient (Wildman–Crippen LogP) is 2.73. The number of thiophene rings is 1. The quantitative estimate of drug-likeness (QED) is 0.800. The highest BCUT2D eigenvalue weighted by molar-refractivity contribution is 7.13. The van der Waals surface area contributed by atoms with Crippen molar-refractivity contribution in [3.63, 3.8) is 0 Å². The lowest BCUT2D eigenvalue weighted by Crippen LogP contribution is -2.23. The zero-order valence-corrected chi connectivity index (χ0v) is 11.3. The number of nitrogens with one attached hydrogen (secondary N) is 1. The molecule has 0 aliphatic carbocycles. The van der Waals surface area contributed by atoms with Gasteiger partial charge in [0.1, 0.15) is 11.4 Å². The Hall–Kier alpha value is -2.47. The Morgan fingerprint density at radius 1 is 1.30 bits per heavy atom. The first-order chi connectivity index (χ1) is 9.83. The molecule has 100 valence electrons. The van der Waals surface area contributed by atoms with Gasteiger partial charge in [-0.2, -0.15) is 0 Å². The van der Waals surface area contributed by atoms with E-state index >= 15 is 0 Å². The summed E-state index contributed by atoms with van der Waals surface area (Å²) in [5, 5.41) is 8.66. The molecule has 0 aromatic carbocycles. The van der Waals surface area contributed by atoms with E-state index in [2.05, 4.69) is 15.5 Å². The van der Waals surface area contributed by atoms with Gasteiger partial charge in [-0.05, 0) is 23.6 Å². The van der Waals surface area contributed by atoms with Crippen LogP contribution in [0, 0.1) is 0 Å². The van der Waals surface area contributed by atoms with Gasteiger partial charge in [0.15, 0.2) is 5.76 Å². The average molecular weight is 285 g/mol. The first-order valence-corrected chi connectivity index (χ1v) is 6.89. The van der Waals surface area contributed by atoms with Crippen LogP contribution in [-0.2, 0) is 6.54 Å². The maximum Gasteiger partial charge on any atom is 0.270 e. The standard InChI is InChI=1S/C14H11N3O2S/c18-14(11-4-1-2-6-15-11)16-9-10-8-12(19-17-10)13-5-3-7-20-13/h1-8H,9H2,(H,16,18). The molecule has 0 unspecified atom stereocenters. The molecule has 6 heteroatoms. The van der Waals surface area contributed by atoms with Gasteiger partial charge in [0.05, 0.1) is 11.4 Å². The molecule has 0 spiro atoms. The van der Waals surface area contributed by atoms with Crippen LogP contribution in [0.4, 0.5) is 0 Å². The molecule has 3 aromatic heterocycles. The molecule has 20 heavy (non-hydrogen) atoms. The molecule has 0 saturated carbocycles. The summed E-state index contributed by atoms with van der Waals surface area (Å²) in [6.45, 7) is 0.310. The molecular formula is C14H11N3O2S. The lowest BCUT2D eigenvalue weighted by atomic mass is 10.3. The number of amides is 1. The molecule has 3 rings (SSSR count). The number of carbonyl (C=O) groups is 1. The molecule has 0 aliphatic heterocycles. The zero-order chi connectivity index (χ0) is 13.8. The van der Waals surface area contributed by atoms with Crippen LogP contribution >= 0.6 is 11.3 Å². The molecule has 0 saturated heterocycles. The SMILES string of the molecule is O=C(NCc1cc(-c2cccs2)on1)c1ccccn1. The Labute approximate surface area is 119 Å². The first kappa shape index (κ1) is 12.6. The van der Waals surface area contributed by atoms with E-state index in [-0.39, 0.29) is 5.91 Å². The summed E-state index contributed by atoms with van der Waals surface area (Å²) in [4.78, 5) is 16.8. The monoisotopic (exact) mass is 285 g/mol. The van der Waals surface area contributed by atoms with E-state index in [4.69, 9.17) is 4.52 Å². The van der Waals surface area contributed by atoms with Crippen LogP contribution in [0.15, 0.2) is 52.5 Å². The van der Waals surface area contributed by atoms with Crippen molar-refractivity contribution in [2.75, 3.05) is 0 Å². The molecule has 0 atom stereocenters. The summed E-state index contributed by atoms with van der Waals surface area (Å²) in [7, 11) is 0. The third kappa shape index (κ3) is 2.75. The van der Waals surface area contributed by atoms with Crippen LogP contribution in [0.25, 0.3) is 10.6 Å². The van der Waals surface area contributed by atoms with Crippen LogP contribution in [-0.4, -0.2) is 16.0 Å². The molecule has 5 nitrogen and oxygen atoms in total. The number of aromatic nitrogens is 2. The van der Waals surface area contributed by atoms with Crippen LogP contribution in [0.5, 0.6) is 0 Å². The van der Waals surface area contributed by atoms with Crippen molar-refractivity contribution >= 4 is 17.2 Å². The minimum absolute atomic E-state index is 0.230. The molecule has 1 amide bonds. The normalized spacial score (nSPS) is 10.4. The molecule has 0 bridgehead atoms. The predicted molar refractivity (Wildman–Crippen MR) is 75.2 cm³/mol. The largest absolute Gasteiger partial charge is 0.355 e. The average Bonchev–Trinajstić information content (AvgIpc) is 3.16. The van der Waals surface area contributed by atoms with Crippen molar-refractivity contribution in [2.24, 2.45) is 0 Å². The van der Waals surface area contributed by atoms with Crippen molar-refractivity contribution < 1.29 is 9.32 Å². The third-order valence-electron chi connectivity index (χ3n) is 2.65. The van der Waals surface area contributed by atoms with Gasteiger partial charge < -0.3 is 9.84 Å². The molecule has 0 aliphatic rings. The van der Waals surface area contributed by atoms with E-state index in [0.717, 1.165) is 4.88 Å². The second-order valence-electron chi connectivity index (χ2n) is 4.06. The number of pyridine rings is 1. The smallest absolute Gasteiger partial charge is 0.270 e. The van der Waals surface area contributed by atoms with Crippen molar-refractivity contribution in [3.05, 3.63) is 59.4 Å². The summed E-state index contributed by atoms with van der Waals surface area (Å²) in [5.74, 6) is 0.480. The molecule has 0 radical (unpaired) electrons. The Morgan fingerprint density at radius 2 is 2.25 bits per heavy atom. The minimum Gasteiger partial charge on any atom is -0.355 e. The van der Waals surface area contributed by atoms with E-state index in [1.54, 1.807) is 35.7 Å². The van der Waals surface area contributed by atoms with Crippen molar-refractivity contribution in [2.45, 2.75) is 6.54 Å². The minimum atomic E-state index is -0.230. The Bertz CT molecular complexity index is 692. The van der Waals surface area contributed by atoms with Crippen molar-refractivity contribution in [1.29, 1.82) is 0 Å². The number of hydrogen-bond donors (Lipinski definition) is 1. The van der Waals surface area contributed by atoms with E-state index in [0.29, 0.717) is 23.7 Å². The van der Waals surface area contributed by atoms with E-state index < -0.39 is 0 Å². The molecule has 0 fully saturated rings. The maximum atomic E-state index is 11.8. The lowest BCUT2D eigenvalue weighted by Gasteiger charge is -2.00. The van der Waals surface area contributed by atoms with Gasteiger partial charge in [0, 0.05) is 12.3 Å². The first-order valence-electron chi connectivity index (χ1n) is 6.01. The van der Waals surface area contributed by atoms with Gasteiger partial charge in [0.25, 0.3) is 5.91 Å². The summed E-state index contributed by atoms with van der Waals surface area (Å²) in [6.07, 6.45) is 1.58. The highest BCUT2D eigenvalue weighted by atomic mass is 32.1. The fourth-order valence-electron chi connectivity index (χ4n) is 1.69. The number of nitrogens with zero attached hydrogens (tertiary/aromatic N) is 2. The van der Waals surface area contributed by atoms with Gasteiger partial charge in [-0.15, -0.1) is 11.3 Å². The highest BCUT2D eigenvalue weighted by Gasteiger charge is 2.10. The lowest BCUT2D eigenvalue weighted by molar-refractivity contribution is 0.0945. The van der Waals surface area contributed by atoms with Gasteiger partial charge in [0.2, 0.25) is 0 Å². The number of rotatable bonds is 4. The second-order valence-corrected chi connectivity index (χ2v) is 5.01. The Kier molecular flexibility index (Phi) is 3.56. The van der Waals surface area contributed by atoms with E-state index in [9.17, 15) is 4.79 Å². The third-order valence-corrected chi connectivity index (χ3v) is 3.53. The Balaban J connectivity index is 1.63. The highest BCUT2D eigenvalue weighted by Crippen LogP contribution is 2.24. The van der Waals surface area contributed by atoms with E-state index in [1.807, 2.05) is 23.6 Å². The Morgan fingerprint density at radius 3 is 3.00 bits per heavy atom. The molecule has 3 aromatic rings. The summed E-state index contributed by atoms with van der Waals surface area (Å²) < 4.78 is 5.24. The number of hydrogen-bond acceptors (Lipinski definition) is 5. The van der Waals surface area contributed by atoms with Gasteiger partial charge in [-0.3, -0.25) is 9.78 Å². The number of carbonyl (C=O) groups excluding carboxylic acids is 1. The fourth-order valence-corrected chi connectivity index (χ4v) is 2.36. The summed E-state index contributed by atoms with van der Waals surface area (Å²) in [6, 6.07) is 10.9. The van der Waals surface area contributed by atoms with Crippen molar-refractivity contribution in [3.8, 4) is 10.6 Å². The molecule has 3 heterocycles. The topological polar surface area (TPSA) is 68.0 Å². The van der Waals surface area contributed by atoms with Crippen molar-refractivity contribution in [1.82, 2.24) is 15.5 Å². The molecule has 1 N–H and O–H groups in total. The van der Waals surface area contributed by atoms with Gasteiger partial charge in [-0.1, -0.05) is 17.3 Å². The van der Waals surface area contributed by atoms with Crippen LogP contribution in [0.3, 0.4) is 0 Å². The van der Waals surface area contributed by atoms with Crippen LogP contribution in [0.2, 0.25) is 0 Å². The maximum absolute atomic E-state index is 11.8. The summed E-state index contributed by atoms with van der Waals surface area (Å²) in [5.41, 5.74) is 1.06. The second kappa shape index (κ2) is 5.66. The van der Waals surface area contributed by atoms with Crippen LogP contribution < -0.4 is 5.32 Å².